The molecule has 0 radical (unpaired) electrons. The van der Waals surface area contributed by atoms with Crippen LogP contribution in [0.15, 0.2) is 23.1 Å². The average molecular weight is 336 g/mol. The molecule has 2 unspecified atom stereocenters. The van der Waals surface area contributed by atoms with Crippen molar-refractivity contribution < 1.29 is 22.7 Å². The summed E-state index contributed by atoms with van der Waals surface area (Å²) < 4.78 is 37.4. The molecule has 1 aromatic rings. The highest BCUT2D eigenvalue weighted by Crippen LogP contribution is 2.28. The zero-order valence-electron chi connectivity index (χ0n) is 11.5. The number of phenols is 1. The lowest BCUT2D eigenvalue weighted by Crippen LogP contribution is -2.27. The Kier molecular flexibility index (Phi) is 5.81. The second-order valence-electron chi connectivity index (χ2n) is 4.40. The summed E-state index contributed by atoms with van der Waals surface area (Å²) in [6, 6.07) is 2.82. The lowest BCUT2D eigenvalue weighted by molar-refractivity contribution is -0.386. The number of phenolic OH excluding ortho intramolecular Hbond substituents is 1. The number of sulfonamides is 1. The predicted octanol–water partition coefficient (Wildman–Crippen LogP) is 0.736. The van der Waals surface area contributed by atoms with Crippen LogP contribution in [0.3, 0.4) is 0 Å². The van der Waals surface area contributed by atoms with Gasteiger partial charge in [0.2, 0.25) is 10.0 Å². The molecule has 0 aliphatic heterocycles. The van der Waals surface area contributed by atoms with Gasteiger partial charge in [0.15, 0.2) is 5.75 Å². The minimum Gasteiger partial charge on any atom is -0.502 e. The van der Waals surface area contributed by atoms with E-state index in [0.717, 1.165) is 18.2 Å². The number of nitrogens with one attached hydrogen (secondary N) is 1. The van der Waals surface area contributed by atoms with E-state index in [9.17, 15) is 27.8 Å². The normalized spacial score (nSPS) is 14.6. The zero-order valence-corrected chi connectivity index (χ0v) is 13.1. The molecule has 10 heteroatoms. The van der Waals surface area contributed by atoms with E-state index in [-0.39, 0.29) is 16.7 Å². The van der Waals surface area contributed by atoms with Gasteiger partial charge < -0.3 is 5.11 Å². The third-order valence-corrected chi connectivity index (χ3v) is 5.69. The number of benzene rings is 1. The van der Waals surface area contributed by atoms with E-state index in [4.69, 9.17) is 0 Å². The minimum atomic E-state index is -3.92. The molecule has 0 spiro atoms. The summed E-state index contributed by atoms with van der Waals surface area (Å²) in [7, 11) is -4.97. The van der Waals surface area contributed by atoms with Crippen molar-refractivity contribution in [3.8, 4) is 5.75 Å². The maximum Gasteiger partial charge on any atom is 0.312 e. The van der Waals surface area contributed by atoms with E-state index in [1.807, 2.05) is 0 Å². The van der Waals surface area contributed by atoms with Gasteiger partial charge in [0.05, 0.1) is 9.82 Å². The molecular formula is C11H16N2O6S2. The van der Waals surface area contributed by atoms with E-state index in [1.165, 1.54) is 6.26 Å². The largest absolute Gasteiger partial charge is 0.502 e. The van der Waals surface area contributed by atoms with Crippen LogP contribution in [-0.2, 0) is 20.8 Å². The number of nitro groups is 1. The minimum absolute atomic E-state index is 0.0672. The van der Waals surface area contributed by atoms with Gasteiger partial charge in [0.1, 0.15) is 0 Å². The maximum atomic E-state index is 12.0. The lowest BCUT2D eigenvalue weighted by Gasteiger charge is -2.10. The van der Waals surface area contributed by atoms with Crippen LogP contribution in [0.25, 0.3) is 0 Å². The fraction of sp³-hybridized carbons (Fsp3) is 0.455. The van der Waals surface area contributed by atoms with Crippen LogP contribution in [0.2, 0.25) is 0 Å². The molecule has 2 N–H and O–H groups in total. The first kappa shape index (κ1) is 17.5. The Hall–Kier alpha value is -1.52. The van der Waals surface area contributed by atoms with Crippen LogP contribution in [0.1, 0.15) is 13.3 Å². The van der Waals surface area contributed by atoms with Gasteiger partial charge in [-0.3, -0.25) is 14.3 Å². The summed E-state index contributed by atoms with van der Waals surface area (Å²) in [5, 5.41) is 19.8. The molecule has 0 fully saturated rings. The van der Waals surface area contributed by atoms with Gasteiger partial charge in [-0.1, -0.05) is 6.92 Å². The van der Waals surface area contributed by atoms with Crippen molar-refractivity contribution in [1.29, 1.82) is 0 Å². The van der Waals surface area contributed by atoms with Crippen molar-refractivity contribution in [2.45, 2.75) is 23.5 Å². The number of nitro benzene ring substituents is 1. The van der Waals surface area contributed by atoms with Crippen molar-refractivity contribution in [3.05, 3.63) is 28.3 Å². The van der Waals surface area contributed by atoms with Crippen LogP contribution in [-0.4, -0.2) is 40.7 Å². The monoisotopic (exact) mass is 336 g/mol. The van der Waals surface area contributed by atoms with Gasteiger partial charge in [0.25, 0.3) is 0 Å². The number of aromatic hydroxyl groups is 1. The fourth-order valence-electron chi connectivity index (χ4n) is 1.46. The van der Waals surface area contributed by atoms with Gasteiger partial charge in [-0.15, -0.1) is 0 Å². The zero-order chi connectivity index (χ0) is 16.2. The molecule has 21 heavy (non-hydrogen) atoms. The van der Waals surface area contributed by atoms with Crippen LogP contribution in [0, 0.1) is 10.1 Å². The van der Waals surface area contributed by atoms with Crippen molar-refractivity contribution >= 4 is 26.5 Å². The first-order valence-electron chi connectivity index (χ1n) is 5.94. The highest BCUT2D eigenvalue weighted by Gasteiger charge is 2.21. The molecule has 0 aliphatic carbocycles. The van der Waals surface area contributed by atoms with Gasteiger partial charge in [0, 0.05) is 34.9 Å². The van der Waals surface area contributed by atoms with Crippen LogP contribution in [0.5, 0.6) is 5.75 Å². The van der Waals surface area contributed by atoms with Crippen molar-refractivity contribution in [2.24, 2.45) is 0 Å². The molecule has 1 aromatic carbocycles. The molecule has 8 nitrogen and oxygen atoms in total. The Morgan fingerprint density at radius 3 is 2.62 bits per heavy atom. The molecule has 0 amide bonds. The number of hydrogen-bond acceptors (Lipinski definition) is 6. The molecule has 1 rings (SSSR count). The van der Waals surface area contributed by atoms with E-state index in [0.29, 0.717) is 6.42 Å². The Labute approximate surface area is 124 Å². The van der Waals surface area contributed by atoms with Gasteiger partial charge in [-0.25, -0.2) is 13.1 Å². The summed E-state index contributed by atoms with van der Waals surface area (Å²) in [5.74, 6) is -0.603. The lowest BCUT2D eigenvalue weighted by atomic mass is 10.3. The first-order valence-corrected chi connectivity index (χ1v) is 9.05. The highest BCUT2D eigenvalue weighted by molar-refractivity contribution is 7.89. The van der Waals surface area contributed by atoms with Gasteiger partial charge in [-0.2, -0.15) is 0 Å². The molecule has 2 atom stereocenters. The standard InChI is InChI=1S/C11H16N2O6S2/c1-8(20(2)17)5-6-12-21(18,19)9-3-4-11(14)10(7-9)13(15)16/h3-4,7-8,12,14H,5-6H2,1-2H3. The van der Waals surface area contributed by atoms with Crippen molar-refractivity contribution in [2.75, 3.05) is 12.8 Å². The number of hydrogen-bond donors (Lipinski definition) is 2. The average Bonchev–Trinajstić information content (AvgIpc) is 2.38. The summed E-state index contributed by atoms with van der Waals surface area (Å²) in [5.41, 5.74) is -0.680. The molecule has 0 aromatic heterocycles. The fourth-order valence-corrected chi connectivity index (χ4v) is 2.98. The Morgan fingerprint density at radius 1 is 1.48 bits per heavy atom. The molecule has 0 saturated carbocycles. The highest BCUT2D eigenvalue weighted by atomic mass is 32.2. The maximum absolute atomic E-state index is 12.0. The van der Waals surface area contributed by atoms with E-state index in [1.54, 1.807) is 6.92 Å². The predicted molar refractivity (Wildman–Crippen MR) is 78.1 cm³/mol. The third kappa shape index (κ3) is 4.76. The number of rotatable bonds is 7. The number of nitrogens with zero attached hydrogens (tertiary/aromatic N) is 1. The SMILES string of the molecule is CC(CCNS(=O)(=O)c1ccc(O)c([N+](=O)[O-])c1)S(C)=O. The Morgan fingerprint density at radius 2 is 2.10 bits per heavy atom. The molecule has 118 valence electrons. The summed E-state index contributed by atoms with van der Waals surface area (Å²) in [6.07, 6.45) is 1.91. The summed E-state index contributed by atoms with van der Waals surface area (Å²) in [6.45, 7) is 1.80. The van der Waals surface area contributed by atoms with E-state index < -0.39 is 37.2 Å². The van der Waals surface area contributed by atoms with E-state index in [2.05, 4.69) is 4.72 Å². The molecule has 0 bridgehead atoms. The second kappa shape index (κ2) is 6.96. The van der Waals surface area contributed by atoms with Crippen molar-refractivity contribution in [3.63, 3.8) is 0 Å². The van der Waals surface area contributed by atoms with Crippen LogP contribution < -0.4 is 4.72 Å². The quantitative estimate of drug-likeness (QED) is 0.558. The Bertz CT molecular complexity index is 659. The molecule has 0 heterocycles. The second-order valence-corrected chi connectivity index (χ2v) is 7.97. The first-order chi connectivity index (χ1) is 9.65. The summed E-state index contributed by atoms with van der Waals surface area (Å²) in [4.78, 5) is 9.50. The molecular weight excluding hydrogens is 320 g/mol. The molecule has 0 saturated heterocycles. The third-order valence-electron chi connectivity index (χ3n) is 2.86. The van der Waals surface area contributed by atoms with Crippen LogP contribution >= 0.6 is 0 Å². The summed E-state index contributed by atoms with van der Waals surface area (Å²) >= 11 is 0. The smallest absolute Gasteiger partial charge is 0.312 e. The van der Waals surface area contributed by atoms with Gasteiger partial charge in [-0.05, 0) is 18.6 Å². The van der Waals surface area contributed by atoms with Gasteiger partial charge >= 0.3 is 5.69 Å². The molecule has 0 aliphatic rings. The van der Waals surface area contributed by atoms with E-state index >= 15 is 0 Å². The van der Waals surface area contributed by atoms with Crippen molar-refractivity contribution in [1.82, 2.24) is 4.72 Å². The van der Waals surface area contributed by atoms with Crippen LogP contribution in [0.4, 0.5) is 5.69 Å². The topological polar surface area (TPSA) is 127 Å². The Balaban J connectivity index is 2.86.